The van der Waals surface area contributed by atoms with Crippen LogP contribution in [0.5, 0.6) is 5.75 Å². The number of carbonyl (C=O) groups is 4. The molecule has 0 aliphatic rings. The number of carbonyl (C=O) groups excluding carboxylic acids is 4. The number of Topliss-reactive ketones (excluding diaryl/α,β-unsaturated/α-hetero) is 1. The number of aldehydes is 1. The number of hydrogen-bond donors (Lipinski definition) is 1. The van der Waals surface area contributed by atoms with Crippen molar-refractivity contribution in [3.63, 3.8) is 0 Å². The van der Waals surface area contributed by atoms with Crippen LogP contribution in [0.15, 0.2) is 48.5 Å². The van der Waals surface area contributed by atoms with Crippen LogP contribution in [-0.4, -0.2) is 37.2 Å². The van der Waals surface area contributed by atoms with E-state index in [-0.39, 0.29) is 12.4 Å². The zero-order valence-electron chi connectivity index (χ0n) is 14.1. The largest absolute Gasteiger partial charge is 0.482 e. The first-order valence-electron chi connectivity index (χ1n) is 7.72. The molecule has 0 fully saturated rings. The van der Waals surface area contributed by atoms with Crippen LogP contribution in [0.1, 0.15) is 27.6 Å². The predicted octanol–water partition coefficient (Wildman–Crippen LogP) is 2.26. The lowest BCUT2D eigenvalue weighted by Crippen LogP contribution is -2.23. The van der Waals surface area contributed by atoms with E-state index in [4.69, 9.17) is 9.47 Å². The zero-order chi connectivity index (χ0) is 18.9. The molecule has 2 aromatic carbocycles. The first kappa shape index (κ1) is 18.9. The Hall–Kier alpha value is -3.48. The highest BCUT2D eigenvalue weighted by atomic mass is 16.6. The van der Waals surface area contributed by atoms with Crippen molar-refractivity contribution >= 4 is 29.6 Å². The van der Waals surface area contributed by atoms with Crippen molar-refractivity contribution in [2.75, 3.05) is 18.5 Å². The molecule has 1 N–H and O–H groups in total. The third kappa shape index (κ3) is 5.86. The Morgan fingerprint density at radius 1 is 0.962 bits per heavy atom. The van der Waals surface area contributed by atoms with Crippen LogP contribution in [0.2, 0.25) is 0 Å². The highest BCUT2D eigenvalue weighted by Gasteiger charge is 2.09. The van der Waals surface area contributed by atoms with E-state index in [0.29, 0.717) is 28.8 Å². The van der Waals surface area contributed by atoms with Crippen molar-refractivity contribution in [1.82, 2.24) is 0 Å². The van der Waals surface area contributed by atoms with Crippen molar-refractivity contribution in [3.05, 3.63) is 59.7 Å². The van der Waals surface area contributed by atoms with E-state index in [1.54, 1.807) is 48.5 Å². The Morgan fingerprint density at radius 2 is 1.62 bits per heavy atom. The molecule has 0 aliphatic carbocycles. The molecule has 0 saturated heterocycles. The SMILES string of the molecule is CC(=O)c1ccc(NC(=O)COC(=O)COc2ccc(C=O)cc2)cc1. The number of rotatable bonds is 8. The van der Waals surface area contributed by atoms with Gasteiger partial charge in [0.1, 0.15) is 12.0 Å². The summed E-state index contributed by atoms with van der Waals surface area (Å²) in [6.45, 7) is 0.632. The van der Waals surface area contributed by atoms with Gasteiger partial charge in [-0.15, -0.1) is 0 Å². The standard InChI is InChI=1S/C19H17NO6/c1-13(22)15-4-6-16(7-5-15)20-18(23)11-26-19(24)12-25-17-8-2-14(10-21)3-9-17/h2-10H,11-12H2,1H3,(H,20,23). The molecule has 1 amide bonds. The molecule has 0 saturated carbocycles. The van der Waals surface area contributed by atoms with Crippen molar-refractivity contribution in [3.8, 4) is 5.75 Å². The van der Waals surface area contributed by atoms with Crippen molar-refractivity contribution < 1.29 is 28.7 Å². The summed E-state index contributed by atoms with van der Waals surface area (Å²) in [5, 5.41) is 2.55. The minimum atomic E-state index is -0.702. The molecule has 0 bridgehead atoms. The number of ether oxygens (including phenoxy) is 2. The van der Waals surface area contributed by atoms with E-state index < -0.39 is 18.5 Å². The summed E-state index contributed by atoms with van der Waals surface area (Å²) in [6.07, 6.45) is 0.699. The van der Waals surface area contributed by atoms with Crippen molar-refractivity contribution in [2.24, 2.45) is 0 Å². The molecular weight excluding hydrogens is 338 g/mol. The van der Waals surface area contributed by atoms with Crippen LogP contribution in [-0.2, 0) is 14.3 Å². The normalized spacial score (nSPS) is 9.88. The molecule has 0 aromatic heterocycles. The number of hydrogen-bond acceptors (Lipinski definition) is 6. The van der Waals surface area contributed by atoms with Gasteiger partial charge >= 0.3 is 5.97 Å². The van der Waals surface area contributed by atoms with Gasteiger partial charge in [0.05, 0.1) is 0 Å². The van der Waals surface area contributed by atoms with Crippen molar-refractivity contribution in [1.29, 1.82) is 0 Å². The summed E-state index contributed by atoms with van der Waals surface area (Å²) < 4.78 is 10.0. The first-order valence-corrected chi connectivity index (χ1v) is 7.72. The lowest BCUT2D eigenvalue weighted by atomic mass is 10.1. The van der Waals surface area contributed by atoms with Gasteiger partial charge in [-0.25, -0.2) is 4.79 Å². The molecule has 2 rings (SSSR count). The van der Waals surface area contributed by atoms with E-state index in [2.05, 4.69) is 5.32 Å². The average molecular weight is 355 g/mol. The number of benzene rings is 2. The van der Waals surface area contributed by atoms with E-state index in [1.165, 1.54) is 6.92 Å². The molecule has 7 heteroatoms. The molecular formula is C19H17NO6. The average Bonchev–Trinajstić information content (AvgIpc) is 2.65. The molecule has 26 heavy (non-hydrogen) atoms. The summed E-state index contributed by atoms with van der Waals surface area (Å²) >= 11 is 0. The summed E-state index contributed by atoms with van der Waals surface area (Å²) in [4.78, 5) is 45.1. The third-order valence-electron chi connectivity index (χ3n) is 3.31. The second-order valence-corrected chi connectivity index (χ2v) is 5.32. The molecule has 0 aliphatic heterocycles. The minimum Gasteiger partial charge on any atom is -0.482 e. The van der Waals surface area contributed by atoms with Crippen LogP contribution >= 0.6 is 0 Å². The van der Waals surface area contributed by atoms with E-state index in [0.717, 1.165) is 0 Å². The lowest BCUT2D eigenvalue weighted by molar-refractivity contribution is -0.149. The van der Waals surface area contributed by atoms with Gasteiger partial charge in [0.25, 0.3) is 5.91 Å². The number of amides is 1. The second kappa shape index (κ2) is 9.12. The van der Waals surface area contributed by atoms with Gasteiger partial charge in [0.15, 0.2) is 19.0 Å². The van der Waals surface area contributed by atoms with Gasteiger partial charge < -0.3 is 14.8 Å². The van der Waals surface area contributed by atoms with Gasteiger partial charge in [-0.2, -0.15) is 0 Å². The van der Waals surface area contributed by atoms with Gasteiger partial charge in [0.2, 0.25) is 0 Å². The number of ketones is 1. The van der Waals surface area contributed by atoms with Crippen LogP contribution < -0.4 is 10.1 Å². The minimum absolute atomic E-state index is 0.0717. The van der Waals surface area contributed by atoms with Crippen LogP contribution in [0.4, 0.5) is 5.69 Å². The molecule has 0 spiro atoms. The first-order chi connectivity index (χ1) is 12.5. The zero-order valence-corrected chi connectivity index (χ0v) is 14.1. The Balaban J connectivity index is 1.72. The Labute approximate surface area is 149 Å². The monoisotopic (exact) mass is 355 g/mol. The number of esters is 1. The summed E-state index contributed by atoms with van der Waals surface area (Å²) in [5.74, 6) is -0.879. The van der Waals surface area contributed by atoms with E-state index >= 15 is 0 Å². The Kier molecular flexibility index (Phi) is 6.61. The number of nitrogens with one attached hydrogen (secondary N) is 1. The maximum Gasteiger partial charge on any atom is 0.344 e. The second-order valence-electron chi connectivity index (χ2n) is 5.32. The third-order valence-corrected chi connectivity index (χ3v) is 3.31. The van der Waals surface area contributed by atoms with Crippen LogP contribution in [0, 0.1) is 0 Å². The summed E-state index contributed by atoms with van der Waals surface area (Å²) in [5.41, 5.74) is 1.52. The van der Waals surface area contributed by atoms with Crippen molar-refractivity contribution in [2.45, 2.75) is 6.92 Å². The van der Waals surface area contributed by atoms with Gasteiger partial charge in [-0.1, -0.05) is 0 Å². The molecule has 0 radical (unpaired) electrons. The highest BCUT2D eigenvalue weighted by molar-refractivity contribution is 5.96. The fourth-order valence-corrected chi connectivity index (χ4v) is 1.96. The molecule has 2 aromatic rings. The fourth-order valence-electron chi connectivity index (χ4n) is 1.96. The highest BCUT2D eigenvalue weighted by Crippen LogP contribution is 2.11. The maximum absolute atomic E-state index is 11.8. The van der Waals surface area contributed by atoms with Crippen LogP contribution in [0.3, 0.4) is 0 Å². The Morgan fingerprint density at radius 3 is 2.19 bits per heavy atom. The maximum atomic E-state index is 11.8. The van der Waals surface area contributed by atoms with E-state index in [9.17, 15) is 19.2 Å². The lowest BCUT2D eigenvalue weighted by Gasteiger charge is -2.08. The summed E-state index contributed by atoms with van der Waals surface area (Å²) in [6, 6.07) is 12.6. The molecule has 134 valence electrons. The summed E-state index contributed by atoms with van der Waals surface area (Å²) in [7, 11) is 0. The van der Waals surface area contributed by atoms with Gasteiger partial charge in [-0.05, 0) is 55.5 Å². The predicted molar refractivity (Wildman–Crippen MR) is 93.4 cm³/mol. The van der Waals surface area contributed by atoms with Crippen LogP contribution in [0.25, 0.3) is 0 Å². The fraction of sp³-hybridized carbons (Fsp3) is 0.158. The molecule has 0 heterocycles. The van der Waals surface area contributed by atoms with Gasteiger partial charge in [-0.3, -0.25) is 14.4 Å². The quantitative estimate of drug-likeness (QED) is 0.443. The smallest absolute Gasteiger partial charge is 0.344 e. The molecule has 7 nitrogen and oxygen atoms in total. The van der Waals surface area contributed by atoms with Gasteiger partial charge in [0, 0.05) is 16.8 Å². The number of anilines is 1. The van der Waals surface area contributed by atoms with E-state index in [1.807, 2.05) is 0 Å². The Bertz CT molecular complexity index is 796. The molecule has 0 unspecified atom stereocenters. The molecule has 0 atom stereocenters. The topological polar surface area (TPSA) is 98.8 Å².